The highest BCUT2D eigenvalue weighted by atomic mass is 16.5. The zero-order chi connectivity index (χ0) is 13.9. The summed E-state index contributed by atoms with van der Waals surface area (Å²) in [6, 6.07) is 0. The third kappa shape index (κ3) is 8.58. The molecule has 1 aliphatic heterocycles. The Labute approximate surface area is 119 Å². The normalized spacial score (nSPS) is 18.9. The lowest BCUT2D eigenvalue weighted by Crippen LogP contribution is -2.38. The Morgan fingerprint density at radius 2 is 1.89 bits per heavy atom. The third-order valence-corrected chi connectivity index (χ3v) is 3.78. The molecular weight excluding hydrogens is 240 g/mol. The summed E-state index contributed by atoms with van der Waals surface area (Å²) in [6.45, 7) is 12.7. The average Bonchev–Trinajstić information content (AvgIpc) is 2.44. The van der Waals surface area contributed by atoms with E-state index in [9.17, 15) is 0 Å². The monoisotopic (exact) mass is 272 g/mol. The van der Waals surface area contributed by atoms with Gasteiger partial charge in [-0.3, -0.25) is 4.90 Å². The van der Waals surface area contributed by atoms with Crippen molar-refractivity contribution in [2.75, 3.05) is 59.6 Å². The summed E-state index contributed by atoms with van der Waals surface area (Å²) in [5.74, 6) is 0. The molecule has 0 bridgehead atoms. The molecule has 0 saturated carbocycles. The molecule has 1 saturated heterocycles. The summed E-state index contributed by atoms with van der Waals surface area (Å²) in [6.07, 6.45) is 3.91. The van der Waals surface area contributed by atoms with Crippen molar-refractivity contribution >= 4 is 0 Å². The largest absolute Gasteiger partial charge is 0.379 e. The van der Waals surface area contributed by atoms with Gasteiger partial charge in [0.05, 0.1) is 19.3 Å². The van der Waals surface area contributed by atoms with Crippen LogP contribution in [0.15, 0.2) is 0 Å². The summed E-state index contributed by atoms with van der Waals surface area (Å²) in [7, 11) is 2.21. The topological polar surface area (TPSA) is 24.9 Å². The minimum Gasteiger partial charge on any atom is -0.379 e. The van der Waals surface area contributed by atoms with Gasteiger partial charge in [-0.1, -0.05) is 6.92 Å². The maximum atomic E-state index is 5.69. The lowest BCUT2D eigenvalue weighted by molar-refractivity contribution is 0.0359. The van der Waals surface area contributed by atoms with Gasteiger partial charge < -0.3 is 14.4 Å². The van der Waals surface area contributed by atoms with Crippen LogP contribution in [0.3, 0.4) is 0 Å². The number of hydrogen-bond donors (Lipinski definition) is 0. The van der Waals surface area contributed by atoms with Crippen LogP contribution in [0.5, 0.6) is 0 Å². The van der Waals surface area contributed by atoms with E-state index in [0.717, 1.165) is 52.3 Å². The van der Waals surface area contributed by atoms with Crippen molar-refractivity contribution in [2.45, 2.75) is 39.2 Å². The van der Waals surface area contributed by atoms with E-state index in [4.69, 9.17) is 9.47 Å². The van der Waals surface area contributed by atoms with Gasteiger partial charge in [-0.05, 0) is 46.3 Å². The van der Waals surface area contributed by atoms with Gasteiger partial charge in [-0.15, -0.1) is 0 Å². The van der Waals surface area contributed by atoms with Crippen molar-refractivity contribution in [3.63, 3.8) is 0 Å². The Balaban J connectivity index is 1.91. The fourth-order valence-electron chi connectivity index (χ4n) is 2.24. The lowest BCUT2D eigenvalue weighted by atomic mass is 10.3. The van der Waals surface area contributed by atoms with Crippen LogP contribution in [0.4, 0.5) is 0 Å². The van der Waals surface area contributed by atoms with Crippen molar-refractivity contribution in [3.8, 4) is 0 Å². The van der Waals surface area contributed by atoms with E-state index < -0.39 is 0 Å². The van der Waals surface area contributed by atoms with Crippen molar-refractivity contribution in [1.82, 2.24) is 9.80 Å². The highest BCUT2D eigenvalue weighted by Gasteiger charge is 2.09. The van der Waals surface area contributed by atoms with Gasteiger partial charge in [0, 0.05) is 26.2 Å². The summed E-state index contributed by atoms with van der Waals surface area (Å²) in [4.78, 5) is 4.92. The van der Waals surface area contributed by atoms with E-state index in [1.807, 2.05) is 0 Å². The summed E-state index contributed by atoms with van der Waals surface area (Å²) in [5, 5.41) is 0. The fourth-order valence-corrected chi connectivity index (χ4v) is 2.24. The molecule has 1 fully saturated rings. The van der Waals surface area contributed by atoms with Crippen LogP contribution in [0.1, 0.15) is 33.1 Å². The number of hydrogen-bond acceptors (Lipinski definition) is 4. The summed E-state index contributed by atoms with van der Waals surface area (Å²) in [5.41, 5.74) is 0. The standard InChI is InChI=1S/C15H32N2O2/c1-4-15(2)19-12-6-8-16(3)7-5-9-17-10-13-18-14-11-17/h15H,4-14H2,1-3H3. The molecule has 1 aliphatic rings. The molecular formula is C15H32N2O2. The molecule has 0 spiro atoms. The summed E-state index contributed by atoms with van der Waals surface area (Å²) < 4.78 is 11.0. The molecule has 114 valence electrons. The van der Waals surface area contributed by atoms with Crippen molar-refractivity contribution in [3.05, 3.63) is 0 Å². The predicted octanol–water partition coefficient (Wildman–Crippen LogP) is 1.85. The minimum atomic E-state index is 0.409. The average molecular weight is 272 g/mol. The molecule has 4 nitrogen and oxygen atoms in total. The number of rotatable bonds is 10. The van der Waals surface area contributed by atoms with Crippen molar-refractivity contribution in [2.24, 2.45) is 0 Å². The molecule has 0 aromatic rings. The second-order valence-electron chi connectivity index (χ2n) is 5.55. The fraction of sp³-hybridized carbons (Fsp3) is 1.00. The SMILES string of the molecule is CCC(C)OCCCN(C)CCCN1CCOCC1. The van der Waals surface area contributed by atoms with E-state index in [0.29, 0.717) is 6.10 Å². The van der Waals surface area contributed by atoms with E-state index >= 15 is 0 Å². The van der Waals surface area contributed by atoms with Crippen LogP contribution in [0.2, 0.25) is 0 Å². The molecule has 0 amide bonds. The Bertz CT molecular complexity index is 208. The Morgan fingerprint density at radius 3 is 2.58 bits per heavy atom. The van der Waals surface area contributed by atoms with Gasteiger partial charge in [0.15, 0.2) is 0 Å². The Morgan fingerprint density at radius 1 is 1.21 bits per heavy atom. The van der Waals surface area contributed by atoms with Crippen molar-refractivity contribution < 1.29 is 9.47 Å². The highest BCUT2D eigenvalue weighted by molar-refractivity contribution is 4.63. The van der Waals surface area contributed by atoms with Gasteiger partial charge in [-0.25, -0.2) is 0 Å². The molecule has 19 heavy (non-hydrogen) atoms. The maximum Gasteiger partial charge on any atom is 0.0594 e. The van der Waals surface area contributed by atoms with Crippen LogP contribution < -0.4 is 0 Å². The Kier molecular flexibility index (Phi) is 9.43. The third-order valence-electron chi connectivity index (χ3n) is 3.78. The first-order chi connectivity index (χ1) is 9.22. The molecule has 1 atom stereocenters. The van der Waals surface area contributed by atoms with Crippen LogP contribution in [-0.2, 0) is 9.47 Å². The molecule has 0 N–H and O–H groups in total. The predicted molar refractivity (Wildman–Crippen MR) is 79.7 cm³/mol. The summed E-state index contributed by atoms with van der Waals surface area (Å²) >= 11 is 0. The first-order valence-corrected chi connectivity index (χ1v) is 7.82. The second-order valence-corrected chi connectivity index (χ2v) is 5.55. The second kappa shape index (κ2) is 10.6. The molecule has 1 rings (SSSR count). The number of morpholine rings is 1. The first-order valence-electron chi connectivity index (χ1n) is 7.82. The van der Waals surface area contributed by atoms with Crippen LogP contribution in [0.25, 0.3) is 0 Å². The van der Waals surface area contributed by atoms with E-state index in [1.165, 1.54) is 19.5 Å². The number of ether oxygens (including phenoxy) is 2. The molecule has 4 heteroatoms. The molecule has 0 radical (unpaired) electrons. The molecule has 0 aromatic heterocycles. The van der Waals surface area contributed by atoms with Gasteiger partial charge in [-0.2, -0.15) is 0 Å². The quantitative estimate of drug-likeness (QED) is 0.567. The lowest BCUT2D eigenvalue weighted by Gasteiger charge is -2.27. The molecule has 0 aliphatic carbocycles. The first kappa shape index (κ1) is 16.9. The van der Waals surface area contributed by atoms with Gasteiger partial charge in [0.1, 0.15) is 0 Å². The Hall–Kier alpha value is -0.160. The van der Waals surface area contributed by atoms with Gasteiger partial charge in [0.25, 0.3) is 0 Å². The van der Waals surface area contributed by atoms with E-state index in [-0.39, 0.29) is 0 Å². The molecule has 0 aromatic carbocycles. The smallest absolute Gasteiger partial charge is 0.0594 e. The zero-order valence-corrected chi connectivity index (χ0v) is 13.1. The van der Waals surface area contributed by atoms with E-state index in [2.05, 4.69) is 30.7 Å². The highest BCUT2D eigenvalue weighted by Crippen LogP contribution is 2.00. The minimum absolute atomic E-state index is 0.409. The van der Waals surface area contributed by atoms with Crippen molar-refractivity contribution in [1.29, 1.82) is 0 Å². The van der Waals surface area contributed by atoms with Gasteiger partial charge >= 0.3 is 0 Å². The van der Waals surface area contributed by atoms with Crippen LogP contribution in [-0.4, -0.2) is 75.5 Å². The van der Waals surface area contributed by atoms with Gasteiger partial charge in [0.2, 0.25) is 0 Å². The molecule has 1 heterocycles. The van der Waals surface area contributed by atoms with Crippen LogP contribution in [0, 0.1) is 0 Å². The van der Waals surface area contributed by atoms with E-state index in [1.54, 1.807) is 0 Å². The zero-order valence-electron chi connectivity index (χ0n) is 13.1. The maximum absolute atomic E-state index is 5.69. The number of nitrogens with zero attached hydrogens (tertiary/aromatic N) is 2. The van der Waals surface area contributed by atoms with Crippen LogP contribution >= 0.6 is 0 Å². The molecule has 1 unspecified atom stereocenters.